The van der Waals surface area contributed by atoms with Crippen LogP contribution in [0.5, 0.6) is 0 Å². The zero-order valence-corrected chi connectivity index (χ0v) is 16.8. The lowest BCUT2D eigenvalue weighted by atomic mass is 10.1. The molecule has 0 aromatic heterocycles. The summed E-state index contributed by atoms with van der Waals surface area (Å²) in [6.45, 7) is 12.2. The summed E-state index contributed by atoms with van der Waals surface area (Å²) in [7, 11) is 0. The van der Waals surface area contributed by atoms with Crippen LogP contribution in [0.25, 0.3) is 0 Å². The van der Waals surface area contributed by atoms with Crippen LogP contribution in [0.1, 0.15) is 38.8 Å². The number of nitro groups is 1. The SMILES string of the molecule is Cc1cc([N+](=O)[O-])ccc1N=C(C(C)C)N(Cc1ccccc1)CC(C)C. The first kappa shape index (κ1) is 20.6. The van der Waals surface area contributed by atoms with Crippen molar-refractivity contribution in [2.24, 2.45) is 16.8 Å². The van der Waals surface area contributed by atoms with E-state index in [4.69, 9.17) is 4.99 Å². The van der Waals surface area contributed by atoms with Gasteiger partial charge in [-0.15, -0.1) is 0 Å². The standard InChI is InChI=1S/C22H29N3O2/c1-16(2)14-24(15-19-9-7-6-8-10-19)22(17(3)4)23-21-12-11-20(25(26)27)13-18(21)5/h6-13,16-17H,14-15H2,1-5H3. The molecule has 0 N–H and O–H groups in total. The predicted octanol–water partition coefficient (Wildman–Crippen LogP) is 5.75. The lowest BCUT2D eigenvalue weighted by Crippen LogP contribution is -2.36. The number of non-ortho nitro benzene ring substituents is 1. The van der Waals surface area contributed by atoms with E-state index in [0.717, 1.165) is 30.2 Å². The highest BCUT2D eigenvalue weighted by Crippen LogP contribution is 2.26. The zero-order valence-electron chi connectivity index (χ0n) is 16.8. The molecule has 2 rings (SSSR count). The number of nitro benzene ring substituents is 1. The van der Waals surface area contributed by atoms with Crippen molar-refractivity contribution in [2.45, 2.75) is 41.2 Å². The molecule has 0 radical (unpaired) electrons. The van der Waals surface area contributed by atoms with Gasteiger partial charge in [0.1, 0.15) is 5.84 Å². The Hall–Kier alpha value is -2.69. The number of nitrogens with zero attached hydrogens (tertiary/aromatic N) is 3. The Morgan fingerprint density at radius 1 is 1.11 bits per heavy atom. The normalized spacial score (nSPS) is 11.9. The van der Waals surface area contributed by atoms with Crippen LogP contribution >= 0.6 is 0 Å². The van der Waals surface area contributed by atoms with Crippen LogP contribution in [-0.4, -0.2) is 22.2 Å². The monoisotopic (exact) mass is 367 g/mol. The van der Waals surface area contributed by atoms with E-state index in [1.54, 1.807) is 12.1 Å². The molecule has 0 unspecified atom stereocenters. The summed E-state index contributed by atoms with van der Waals surface area (Å²) in [5.41, 5.74) is 2.94. The van der Waals surface area contributed by atoms with Crippen molar-refractivity contribution in [3.63, 3.8) is 0 Å². The number of rotatable bonds is 7. The van der Waals surface area contributed by atoms with E-state index in [1.165, 1.54) is 11.6 Å². The number of aliphatic imine (C=N–C) groups is 1. The summed E-state index contributed by atoms with van der Waals surface area (Å²) < 4.78 is 0. The number of aryl methyl sites for hydroxylation is 1. The van der Waals surface area contributed by atoms with E-state index < -0.39 is 0 Å². The lowest BCUT2D eigenvalue weighted by Gasteiger charge is -2.30. The Balaban J connectivity index is 2.41. The maximum Gasteiger partial charge on any atom is 0.269 e. The Bertz CT molecular complexity index is 798. The fourth-order valence-corrected chi connectivity index (χ4v) is 3.05. The van der Waals surface area contributed by atoms with E-state index in [1.807, 2.05) is 13.0 Å². The molecular weight excluding hydrogens is 338 g/mol. The molecule has 0 aliphatic carbocycles. The van der Waals surface area contributed by atoms with Gasteiger partial charge in [0.15, 0.2) is 0 Å². The van der Waals surface area contributed by atoms with E-state index in [0.29, 0.717) is 5.92 Å². The van der Waals surface area contributed by atoms with Crippen molar-refractivity contribution >= 4 is 17.2 Å². The van der Waals surface area contributed by atoms with Crippen LogP contribution in [0.3, 0.4) is 0 Å². The highest BCUT2D eigenvalue weighted by Gasteiger charge is 2.18. The molecule has 27 heavy (non-hydrogen) atoms. The summed E-state index contributed by atoms with van der Waals surface area (Å²) in [6, 6.07) is 15.2. The molecule has 0 heterocycles. The molecule has 5 heteroatoms. The van der Waals surface area contributed by atoms with Gasteiger partial charge in [0.2, 0.25) is 0 Å². The first-order valence-corrected chi connectivity index (χ1v) is 9.40. The molecule has 0 spiro atoms. The van der Waals surface area contributed by atoms with Crippen molar-refractivity contribution in [3.8, 4) is 0 Å². The van der Waals surface area contributed by atoms with Crippen LogP contribution in [0.15, 0.2) is 53.5 Å². The number of hydrogen-bond donors (Lipinski definition) is 0. The first-order valence-electron chi connectivity index (χ1n) is 9.40. The summed E-state index contributed by atoms with van der Waals surface area (Å²) in [6.07, 6.45) is 0. The van der Waals surface area contributed by atoms with Gasteiger partial charge in [0, 0.05) is 31.1 Å². The van der Waals surface area contributed by atoms with E-state index in [9.17, 15) is 10.1 Å². The van der Waals surface area contributed by atoms with Crippen LogP contribution in [-0.2, 0) is 6.54 Å². The van der Waals surface area contributed by atoms with Crippen molar-refractivity contribution in [1.82, 2.24) is 4.90 Å². The van der Waals surface area contributed by atoms with E-state index >= 15 is 0 Å². The molecule has 144 valence electrons. The highest BCUT2D eigenvalue weighted by atomic mass is 16.6. The molecule has 0 atom stereocenters. The zero-order chi connectivity index (χ0) is 20.0. The highest BCUT2D eigenvalue weighted by molar-refractivity contribution is 5.87. The van der Waals surface area contributed by atoms with Crippen molar-refractivity contribution in [2.75, 3.05) is 6.54 Å². The number of amidine groups is 1. The van der Waals surface area contributed by atoms with Crippen molar-refractivity contribution in [3.05, 3.63) is 69.8 Å². The molecule has 0 saturated heterocycles. The molecule has 0 aliphatic rings. The fourth-order valence-electron chi connectivity index (χ4n) is 3.05. The minimum Gasteiger partial charge on any atom is -0.355 e. The summed E-state index contributed by atoms with van der Waals surface area (Å²) in [4.78, 5) is 17.9. The van der Waals surface area contributed by atoms with Gasteiger partial charge in [0.25, 0.3) is 5.69 Å². The Kier molecular flexibility index (Phi) is 7.11. The second-order valence-corrected chi connectivity index (χ2v) is 7.61. The van der Waals surface area contributed by atoms with Crippen LogP contribution < -0.4 is 0 Å². The molecule has 0 fully saturated rings. The molecule has 2 aromatic rings. The third-order valence-electron chi connectivity index (χ3n) is 4.27. The fraction of sp³-hybridized carbons (Fsp3) is 0.409. The predicted molar refractivity (Wildman–Crippen MR) is 111 cm³/mol. The maximum absolute atomic E-state index is 11.0. The molecule has 5 nitrogen and oxygen atoms in total. The lowest BCUT2D eigenvalue weighted by molar-refractivity contribution is -0.384. The average molecular weight is 367 g/mol. The molecule has 0 bridgehead atoms. The Labute approximate surface area is 161 Å². The van der Waals surface area contributed by atoms with Crippen LogP contribution in [0, 0.1) is 28.9 Å². The molecular formula is C22H29N3O2. The number of hydrogen-bond acceptors (Lipinski definition) is 3. The van der Waals surface area contributed by atoms with Crippen molar-refractivity contribution in [1.29, 1.82) is 0 Å². The van der Waals surface area contributed by atoms with Gasteiger partial charge in [-0.3, -0.25) is 10.1 Å². The first-order chi connectivity index (χ1) is 12.8. The van der Waals surface area contributed by atoms with Crippen LogP contribution in [0.4, 0.5) is 11.4 Å². The van der Waals surface area contributed by atoms with Crippen LogP contribution in [0.2, 0.25) is 0 Å². The van der Waals surface area contributed by atoms with Gasteiger partial charge in [-0.2, -0.15) is 0 Å². The quantitative estimate of drug-likeness (QED) is 0.271. The van der Waals surface area contributed by atoms with Gasteiger partial charge in [0.05, 0.1) is 10.6 Å². The van der Waals surface area contributed by atoms with Crippen molar-refractivity contribution < 1.29 is 4.92 Å². The minimum absolute atomic E-state index is 0.0980. The summed E-state index contributed by atoms with van der Waals surface area (Å²) >= 11 is 0. The number of benzene rings is 2. The summed E-state index contributed by atoms with van der Waals surface area (Å²) in [5.74, 6) is 1.74. The minimum atomic E-state index is -0.371. The maximum atomic E-state index is 11.0. The third kappa shape index (κ3) is 5.91. The smallest absolute Gasteiger partial charge is 0.269 e. The van der Waals surface area contributed by atoms with E-state index in [-0.39, 0.29) is 16.5 Å². The second-order valence-electron chi connectivity index (χ2n) is 7.61. The van der Waals surface area contributed by atoms with Gasteiger partial charge >= 0.3 is 0 Å². The topological polar surface area (TPSA) is 58.7 Å². The van der Waals surface area contributed by atoms with Gasteiger partial charge in [-0.05, 0) is 30.0 Å². The Morgan fingerprint density at radius 2 is 1.78 bits per heavy atom. The summed E-state index contributed by atoms with van der Waals surface area (Å²) in [5, 5.41) is 11.0. The Morgan fingerprint density at radius 3 is 2.30 bits per heavy atom. The molecule has 0 aliphatic heterocycles. The van der Waals surface area contributed by atoms with Gasteiger partial charge < -0.3 is 4.90 Å². The largest absolute Gasteiger partial charge is 0.355 e. The molecule has 0 amide bonds. The second kappa shape index (κ2) is 9.31. The molecule has 0 saturated carbocycles. The third-order valence-corrected chi connectivity index (χ3v) is 4.27. The van der Waals surface area contributed by atoms with Gasteiger partial charge in [-0.1, -0.05) is 58.0 Å². The molecule has 2 aromatic carbocycles. The average Bonchev–Trinajstić information content (AvgIpc) is 2.60. The van der Waals surface area contributed by atoms with E-state index in [2.05, 4.69) is 56.9 Å². The van der Waals surface area contributed by atoms with Gasteiger partial charge in [-0.25, -0.2) is 4.99 Å².